The zero-order chi connectivity index (χ0) is 16.9. The number of aromatic nitrogens is 2. The maximum atomic E-state index is 4.15. The lowest BCUT2D eigenvalue weighted by Gasteiger charge is -2.50. The highest BCUT2D eigenvalue weighted by Crippen LogP contribution is 2.26. The lowest BCUT2D eigenvalue weighted by molar-refractivity contribution is 0.554. The fourth-order valence-electron chi connectivity index (χ4n) is 3.59. The summed E-state index contributed by atoms with van der Waals surface area (Å²) in [6.45, 7) is 9.57. The van der Waals surface area contributed by atoms with Crippen molar-refractivity contribution in [2.24, 2.45) is 0 Å². The smallest absolute Gasteiger partial charge is 0.332 e. The number of rotatable bonds is 6. The molecule has 7 heteroatoms. The van der Waals surface area contributed by atoms with E-state index in [0.29, 0.717) is 14.0 Å². The third-order valence-corrected chi connectivity index (χ3v) is 5.07. The van der Waals surface area contributed by atoms with Gasteiger partial charge in [0.25, 0.3) is 0 Å². The Bertz CT molecular complexity index is 607. The molecule has 0 saturated carbocycles. The van der Waals surface area contributed by atoms with E-state index >= 15 is 0 Å². The first-order valence-corrected chi connectivity index (χ1v) is 9.05. The van der Waals surface area contributed by atoms with E-state index in [4.69, 9.17) is 0 Å². The molecule has 24 heavy (non-hydrogen) atoms. The quantitative estimate of drug-likeness (QED) is 0.653. The Morgan fingerprint density at radius 2 is 1.79 bits per heavy atom. The molecular formula is C17H27B2N5. The number of para-hydroxylation sites is 1. The van der Waals surface area contributed by atoms with Gasteiger partial charge in [-0.05, 0) is 31.2 Å². The Labute approximate surface area is 146 Å². The molecule has 0 atom stereocenters. The van der Waals surface area contributed by atoms with Gasteiger partial charge < -0.3 is 14.3 Å². The average Bonchev–Trinajstić information content (AvgIpc) is 3.13. The second-order valence-electron chi connectivity index (χ2n) is 6.57. The molecule has 5 nitrogen and oxygen atoms in total. The Morgan fingerprint density at radius 1 is 1.04 bits per heavy atom. The predicted molar refractivity (Wildman–Crippen MR) is 104 cm³/mol. The highest BCUT2D eigenvalue weighted by molar-refractivity contribution is 6.77. The van der Waals surface area contributed by atoms with Gasteiger partial charge in [-0.1, -0.05) is 51.6 Å². The van der Waals surface area contributed by atoms with Crippen molar-refractivity contribution in [1.82, 2.24) is 14.9 Å². The van der Waals surface area contributed by atoms with Gasteiger partial charge in [0.05, 0.1) is 12.9 Å². The highest BCUT2D eigenvalue weighted by Gasteiger charge is 2.41. The minimum absolute atomic E-state index is 0.345. The second-order valence-corrected chi connectivity index (χ2v) is 6.57. The topological polar surface area (TPSA) is 38.4 Å². The van der Waals surface area contributed by atoms with Crippen LogP contribution in [0.25, 0.3) is 0 Å². The first-order chi connectivity index (χ1) is 11.7. The summed E-state index contributed by atoms with van der Waals surface area (Å²) in [5.74, 6) is 1.08. The number of hydrogen-bond donors (Lipinski definition) is 1. The van der Waals surface area contributed by atoms with Crippen molar-refractivity contribution in [3.63, 3.8) is 0 Å². The SMILES string of the molecule is CCCCCN1B(C)N(c2ccccc2)CN(c2ccn[nH]2)B1C. The molecule has 0 unspecified atom stereocenters. The van der Waals surface area contributed by atoms with Crippen LogP contribution in [0.3, 0.4) is 0 Å². The van der Waals surface area contributed by atoms with Gasteiger partial charge in [-0.3, -0.25) is 5.10 Å². The third kappa shape index (κ3) is 3.46. The zero-order valence-electron chi connectivity index (χ0n) is 15.0. The van der Waals surface area contributed by atoms with Crippen LogP contribution in [0.2, 0.25) is 13.6 Å². The zero-order valence-corrected chi connectivity index (χ0v) is 15.0. The monoisotopic (exact) mass is 323 g/mol. The summed E-state index contributed by atoms with van der Waals surface area (Å²) in [6.07, 6.45) is 5.60. The van der Waals surface area contributed by atoms with Gasteiger partial charge >= 0.3 is 14.0 Å². The van der Waals surface area contributed by atoms with Gasteiger partial charge in [0.2, 0.25) is 0 Å². The van der Waals surface area contributed by atoms with Crippen molar-refractivity contribution in [1.29, 1.82) is 0 Å². The van der Waals surface area contributed by atoms with E-state index in [2.05, 4.69) is 81.5 Å². The molecule has 1 N–H and O–H groups in total. The van der Waals surface area contributed by atoms with Crippen LogP contribution in [-0.4, -0.2) is 42.1 Å². The lowest BCUT2D eigenvalue weighted by Crippen LogP contribution is -2.70. The third-order valence-electron chi connectivity index (χ3n) is 5.07. The molecule has 1 aromatic carbocycles. The first-order valence-electron chi connectivity index (χ1n) is 9.05. The molecular weight excluding hydrogens is 296 g/mol. The van der Waals surface area contributed by atoms with E-state index in [-0.39, 0.29) is 0 Å². The minimum atomic E-state index is 0.345. The summed E-state index contributed by atoms with van der Waals surface area (Å²) in [4.78, 5) is 4.86. The maximum Gasteiger partial charge on any atom is 0.332 e. The second kappa shape index (κ2) is 7.79. The van der Waals surface area contributed by atoms with Gasteiger partial charge in [0.15, 0.2) is 0 Å². The molecule has 2 heterocycles. The van der Waals surface area contributed by atoms with E-state index < -0.39 is 0 Å². The van der Waals surface area contributed by atoms with Crippen molar-refractivity contribution < 1.29 is 0 Å². The molecule has 1 fully saturated rings. The van der Waals surface area contributed by atoms with Gasteiger partial charge in [-0.25, -0.2) is 0 Å². The molecule has 1 saturated heterocycles. The summed E-state index contributed by atoms with van der Waals surface area (Å²) in [6, 6.07) is 12.8. The minimum Gasteiger partial charge on any atom is -0.386 e. The van der Waals surface area contributed by atoms with Crippen LogP contribution in [0, 0.1) is 0 Å². The van der Waals surface area contributed by atoms with Gasteiger partial charge in [-0.15, -0.1) is 0 Å². The van der Waals surface area contributed by atoms with Crippen molar-refractivity contribution >= 4 is 25.5 Å². The van der Waals surface area contributed by atoms with Crippen LogP contribution in [0.15, 0.2) is 42.6 Å². The predicted octanol–water partition coefficient (Wildman–Crippen LogP) is 3.42. The molecule has 0 amide bonds. The van der Waals surface area contributed by atoms with Gasteiger partial charge in [0.1, 0.15) is 5.82 Å². The van der Waals surface area contributed by atoms with E-state index in [9.17, 15) is 0 Å². The van der Waals surface area contributed by atoms with Gasteiger partial charge in [0, 0.05) is 5.69 Å². The number of aromatic amines is 1. The molecule has 0 aliphatic carbocycles. The summed E-state index contributed by atoms with van der Waals surface area (Å²) in [5.41, 5.74) is 1.27. The fraction of sp³-hybridized carbons (Fsp3) is 0.471. The molecule has 2 aromatic rings. The number of anilines is 2. The molecule has 0 radical (unpaired) electrons. The van der Waals surface area contributed by atoms with E-state index in [1.807, 2.05) is 6.20 Å². The molecule has 0 bridgehead atoms. The number of unbranched alkanes of at least 4 members (excludes halogenated alkanes) is 2. The number of nitrogens with one attached hydrogen (secondary N) is 1. The number of hydrogen-bond acceptors (Lipinski definition) is 4. The van der Waals surface area contributed by atoms with Crippen molar-refractivity contribution in [3.8, 4) is 0 Å². The van der Waals surface area contributed by atoms with Crippen molar-refractivity contribution in [2.75, 3.05) is 22.8 Å². The molecule has 126 valence electrons. The maximum absolute atomic E-state index is 4.15. The fourth-order valence-corrected chi connectivity index (χ4v) is 3.59. The Balaban J connectivity index is 1.86. The largest absolute Gasteiger partial charge is 0.386 e. The Hall–Kier alpha value is -1.88. The summed E-state index contributed by atoms with van der Waals surface area (Å²) >= 11 is 0. The Kier molecular flexibility index (Phi) is 5.51. The van der Waals surface area contributed by atoms with Crippen molar-refractivity contribution in [2.45, 2.75) is 39.8 Å². The molecule has 0 spiro atoms. The number of H-pyrrole nitrogens is 1. The van der Waals surface area contributed by atoms with Gasteiger partial charge in [-0.2, -0.15) is 5.10 Å². The van der Waals surface area contributed by atoms with E-state index in [1.165, 1.54) is 24.9 Å². The van der Waals surface area contributed by atoms with Crippen LogP contribution in [0.1, 0.15) is 26.2 Å². The lowest BCUT2D eigenvalue weighted by atomic mass is 9.57. The van der Waals surface area contributed by atoms with E-state index in [1.54, 1.807) is 0 Å². The van der Waals surface area contributed by atoms with Crippen LogP contribution in [-0.2, 0) is 0 Å². The summed E-state index contributed by atoms with van der Waals surface area (Å²) in [5, 5.41) is 7.28. The normalized spacial score (nSPS) is 16.1. The summed E-state index contributed by atoms with van der Waals surface area (Å²) in [7, 11) is 0. The van der Waals surface area contributed by atoms with Crippen molar-refractivity contribution in [3.05, 3.63) is 42.6 Å². The van der Waals surface area contributed by atoms with Crippen LogP contribution >= 0.6 is 0 Å². The highest BCUT2D eigenvalue weighted by atomic mass is 15.4. The van der Waals surface area contributed by atoms with Crippen LogP contribution in [0.5, 0.6) is 0 Å². The molecule has 1 aliphatic rings. The standard InChI is InChI=1S/C17H27B2N5/c1-4-5-9-14-24-18(2)22(16-10-7-6-8-11-16)15-23(19(24)3)17-12-13-20-21-17/h6-8,10-13H,4-5,9,14-15H2,1-3H3,(H,20,21). The molecule has 1 aliphatic heterocycles. The summed E-state index contributed by atoms with van der Waals surface area (Å²) < 4.78 is 2.59. The average molecular weight is 323 g/mol. The number of nitrogens with zero attached hydrogens (tertiary/aromatic N) is 4. The first kappa shape index (κ1) is 17.0. The Morgan fingerprint density at radius 3 is 2.46 bits per heavy atom. The van der Waals surface area contributed by atoms with E-state index in [0.717, 1.165) is 19.0 Å². The molecule has 3 rings (SSSR count). The van der Waals surface area contributed by atoms with Crippen LogP contribution in [0.4, 0.5) is 11.5 Å². The molecule has 1 aromatic heterocycles. The number of benzene rings is 1. The van der Waals surface area contributed by atoms with Crippen LogP contribution < -0.4 is 9.62 Å².